The molecular weight excluding hydrogens is 242 g/mol. The van der Waals surface area contributed by atoms with E-state index >= 15 is 0 Å². The summed E-state index contributed by atoms with van der Waals surface area (Å²) in [6.07, 6.45) is 3.81. The van der Waals surface area contributed by atoms with Crippen molar-refractivity contribution in [2.75, 3.05) is 0 Å². The fraction of sp³-hybridized carbons (Fsp3) is 0.0526. The monoisotopic (exact) mass is 259 g/mol. The van der Waals surface area contributed by atoms with Crippen LogP contribution in [0.1, 0.15) is 16.8 Å². The third-order valence-electron chi connectivity index (χ3n) is 3.64. The van der Waals surface area contributed by atoms with E-state index in [9.17, 15) is 0 Å². The maximum atomic E-state index is 3.97. The smallest absolute Gasteiger partial charge is 0.0541 e. The summed E-state index contributed by atoms with van der Waals surface area (Å²) in [6.45, 7) is 10.0. The Morgan fingerprint density at radius 2 is 1.60 bits per heavy atom. The summed E-state index contributed by atoms with van der Waals surface area (Å²) in [4.78, 5) is 0. The largest absolute Gasteiger partial charge is 0.309 e. The molecule has 1 heterocycles. The zero-order valence-corrected chi connectivity index (χ0v) is 11.6. The Labute approximate surface area is 119 Å². The molecule has 0 amide bonds. The van der Waals surface area contributed by atoms with Gasteiger partial charge in [0.1, 0.15) is 0 Å². The van der Waals surface area contributed by atoms with Crippen molar-refractivity contribution in [2.24, 2.45) is 0 Å². The predicted molar refractivity (Wildman–Crippen MR) is 88.2 cm³/mol. The van der Waals surface area contributed by atoms with Crippen LogP contribution in [0.3, 0.4) is 0 Å². The number of benzene rings is 2. The van der Waals surface area contributed by atoms with Gasteiger partial charge in [-0.3, -0.25) is 0 Å². The molecule has 0 fully saturated rings. The summed E-state index contributed by atoms with van der Waals surface area (Å²) >= 11 is 0. The van der Waals surface area contributed by atoms with Crippen LogP contribution in [-0.2, 0) is 0 Å². The normalized spacial score (nSPS) is 10.7. The molecule has 1 heteroatoms. The highest BCUT2D eigenvalue weighted by Crippen LogP contribution is 2.31. The first-order chi connectivity index (χ1) is 9.76. The van der Waals surface area contributed by atoms with Gasteiger partial charge in [-0.15, -0.1) is 0 Å². The van der Waals surface area contributed by atoms with E-state index in [2.05, 4.69) is 73.2 Å². The van der Waals surface area contributed by atoms with Crippen LogP contribution in [0, 0.1) is 6.92 Å². The molecule has 3 rings (SSSR count). The standard InChI is InChI=1S/C19H17N/c1-4-16-17-8-6-7-9-19(17)20(18(16)5-2)15-12-10-14(3)11-13-15/h4-13H,1-2H2,3H3. The van der Waals surface area contributed by atoms with Crippen molar-refractivity contribution in [3.63, 3.8) is 0 Å². The average molecular weight is 259 g/mol. The summed E-state index contributed by atoms with van der Waals surface area (Å²) in [5, 5.41) is 1.21. The lowest BCUT2D eigenvalue weighted by molar-refractivity contribution is 1.10. The van der Waals surface area contributed by atoms with Crippen molar-refractivity contribution in [3.05, 3.63) is 78.5 Å². The van der Waals surface area contributed by atoms with Gasteiger partial charge in [0.15, 0.2) is 0 Å². The predicted octanol–water partition coefficient (Wildman–Crippen LogP) is 5.22. The molecule has 0 spiro atoms. The lowest BCUT2D eigenvalue weighted by atomic mass is 10.1. The van der Waals surface area contributed by atoms with Crippen LogP contribution in [0.15, 0.2) is 61.7 Å². The summed E-state index contributed by atoms with van der Waals surface area (Å²) in [6, 6.07) is 16.9. The van der Waals surface area contributed by atoms with Crippen LogP contribution in [0.2, 0.25) is 0 Å². The van der Waals surface area contributed by atoms with Crippen molar-refractivity contribution < 1.29 is 0 Å². The van der Waals surface area contributed by atoms with E-state index in [4.69, 9.17) is 0 Å². The molecule has 0 radical (unpaired) electrons. The highest BCUT2D eigenvalue weighted by atomic mass is 15.0. The number of fused-ring (bicyclic) bond motifs is 1. The van der Waals surface area contributed by atoms with Crippen molar-refractivity contribution >= 4 is 23.1 Å². The van der Waals surface area contributed by atoms with Crippen LogP contribution in [0.5, 0.6) is 0 Å². The van der Waals surface area contributed by atoms with E-state index in [-0.39, 0.29) is 0 Å². The summed E-state index contributed by atoms with van der Waals surface area (Å²) < 4.78 is 2.23. The van der Waals surface area contributed by atoms with Gasteiger partial charge in [-0.1, -0.05) is 55.1 Å². The number of aryl methyl sites for hydroxylation is 1. The quantitative estimate of drug-likeness (QED) is 0.607. The Kier molecular flexibility index (Phi) is 3.03. The van der Waals surface area contributed by atoms with E-state index in [0.29, 0.717) is 0 Å². The second-order valence-electron chi connectivity index (χ2n) is 4.90. The van der Waals surface area contributed by atoms with Gasteiger partial charge in [0, 0.05) is 16.6 Å². The molecule has 0 N–H and O–H groups in total. The van der Waals surface area contributed by atoms with Crippen LogP contribution in [0.25, 0.3) is 28.7 Å². The van der Waals surface area contributed by atoms with Crippen LogP contribution in [0.4, 0.5) is 0 Å². The Bertz CT molecular complexity index is 788. The van der Waals surface area contributed by atoms with Crippen LogP contribution in [-0.4, -0.2) is 4.57 Å². The molecule has 2 aromatic carbocycles. The third kappa shape index (κ3) is 1.79. The molecular formula is C19H17N. The van der Waals surface area contributed by atoms with Crippen molar-refractivity contribution in [3.8, 4) is 5.69 Å². The zero-order valence-electron chi connectivity index (χ0n) is 11.6. The topological polar surface area (TPSA) is 4.93 Å². The molecule has 0 aliphatic rings. The minimum absolute atomic E-state index is 1.09. The summed E-state index contributed by atoms with van der Waals surface area (Å²) in [5.41, 5.74) is 5.81. The molecule has 1 aromatic heterocycles. The van der Waals surface area contributed by atoms with Gasteiger partial charge in [-0.05, 0) is 31.2 Å². The third-order valence-corrected chi connectivity index (χ3v) is 3.64. The molecule has 20 heavy (non-hydrogen) atoms. The first-order valence-corrected chi connectivity index (χ1v) is 6.71. The summed E-state index contributed by atoms with van der Waals surface area (Å²) in [5.74, 6) is 0. The summed E-state index contributed by atoms with van der Waals surface area (Å²) in [7, 11) is 0. The second kappa shape index (κ2) is 4.86. The molecule has 0 atom stereocenters. The van der Waals surface area contributed by atoms with E-state index in [1.54, 1.807) is 0 Å². The van der Waals surface area contributed by atoms with Crippen molar-refractivity contribution in [1.82, 2.24) is 4.57 Å². The number of para-hydroxylation sites is 1. The maximum absolute atomic E-state index is 3.97. The highest BCUT2D eigenvalue weighted by Gasteiger charge is 2.13. The SMILES string of the molecule is C=Cc1c(C=C)n(-c2ccc(C)cc2)c2ccccc12. The first-order valence-electron chi connectivity index (χ1n) is 6.71. The molecule has 0 saturated heterocycles. The molecule has 0 unspecified atom stereocenters. The molecule has 0 aliphatic carbocycles. The fourth-order valence-electron chi connectivity index (χ4n) is 2.67. The van der Waals surface area contributed by atoms with Gasteiger partial charge in [0.2, 0.25) is 0 Å². The fourth-order valence-corrected chi connectivity index (χ4v) is 2.67. The Morgan fingerprint density at radius 1 is 0.900 bits per heavy atom. The second-order valence-corrected chi connectivity index (χ2v) is 4.90. The van der Waals surface area contributed by atoms with Gasteiger partial charge in [0.05, 0.1) is 11.2 Å². The van der Waals surface area contributed by atoms with Gasteiger partial charge in [0.25, 0.3) is 0 Å². The molecule has 1 nitrogen and oxygen atoms in total. The highest BCUT2D eigenvalue weighted by molar-refractivity contribution is 5.95. The van der Waals surface area contributed by atoms with Crippen LogP contribution < -0.4 is 0 Å². The van der Waals surface area contributed by atoms with Crippen molar-refractivity contribution in [1.29, 1.82) is 0 Å². The number of nitrogens with zero attached hydrogens (tertiary/aromatic N) is 1. The van der Waals surface area contributed by atoms with Crippen molar-refractivity contribution in [2.45, 2.75) is 6.92 Å². The Morgan fingerprint density at radius 3 is 2.25 bits per heavy atom. The molecule has 0 aliphatic heterocycles. The Hall–Kier alpha value is -2.54. The van der Waals surface area contributed by atoms with E-state index in [1.807, 2.05) is 12.2 Å². The van der Waals surface area contributed by atoms with Crippen LogP contribution >= 0.6 is 0 Å². The lowest BCUT2D eigenvalue weighted by Crippen LogP contribution is -1.96. The number of rotatable bonds is 3. The van der Waals surface area contributed by atoms with E-state index in [1.165, 1.54) is 16.5 Å². The van der Waals surface area contributed by atoms with E-state index < -0.39 is 0 Å². The first kappa shape index (κ1) is 12.5. The minimum Gasteiger partial charge on any atom is -0.309 e. The maximum Gasteiger partial charge on any atom is 0.0541 e. The van der Waals surface area contributed by atoms with Gasteiger partial charge in [-0.2, -0.15) is 0 Å². The molecule has 98 valence electrons. The zero-order chi connectivity index (χ0) is 14.1. The van der Waals surface area contributed by atoms with Gasteiger partial charge in [-0.25, -0.2) is 0 Å². The number of hydrogen-bond acceptors (Lipinski definition) is 0. The molecule has 0 bridgehead atoms. The number of hydrogen-bond donors (Lipinski definition) is 0. The van der Waals surface area contributed by atoms with Gasteiger partial charge < -0.3 is 4.57 Å². The molecule has 3 aromatic rings. The minimum atomic E-state index is 1.09. The average Bonchev–Trinajstić information content (AvgIpc) is 2.81. The number of aromatic nitrogens is 1. The van der Waals surface area contributed by atoms with E-state index in [0.717, 1.165) is 16.9 Å². The van der Waals surface area contributed by atoms with Gasteiger partial charge >= 0.3 is 0 Å². The lowest BCUT2D eigenvalue weighted by Gasteiger charge is -2.09. The Balaban J connectivity index is 2.42. The molecule has 0 saturated carbocycles.